The Morgan fingerprint density at radius 2 is 1.83 bits per heavy atom. The van der Waals surface area contributed by atoms with E-state index in [4.69, 9.17) is 0 Å². The fourth-order valence-electron chi connectivity index (χ4n) is 3.61. The van der Waals surface area contributed by atoms with Gasteiger partial charge in [-0.25, -0.2) is 0 Å². The Kier molecular flexibility index (Phi) is 9.55. The van der Waals surface area contributed by atoms with E-state index in [-0.39, 0.29) is 17.4 Å². The van der Waals surface area contributed by atoms with Crippen molar-refractivity contribution in [3.63, 3.8) is 0 Å². The van der Waals surface area contributed by atoms with E-state index in [1.54, 1.807) is 11.8 Å². The smallest absolute Gasteiger partial charge is 0.223 e. The number of benzene rings is 1. The van der Waals surface area contributed by atoms with Crippen LogP contribution < -0.4 is 5.32 Å². The van der Waals surface area contributed by atoms with Gasteiger partial charge in [-0.15, -0.1) is 0 Å². The lowest BCUT2D eigenvalue weighted by Crippen LogP contribution is -2.38. The summed E-state index contributed by atoms with van der Waals surface area (Å²) >= 11 is 1.79. The van der Waals surface area contributed by atoms with Crippen LogP contribution in [0.25, 0.3) is 4.91 Å². The van der Waals surface area contributed by atoms with E-state index in [0.717, 1.165) is 32.1 Å². The molecule has 2 nitrogen and oxygen atoms in total. The summed E-state index contributed by atoms with van der Waals surface area (Å²) in [7, 11) is 0. The molecular weight excluding hydrogens is 374 g/mol. The summed E-state index contributed by atoms with van der Waals surface area (Å²) in [4.78, 5) is 14.0. The first-order chi connectivity index (χ1) is 13.9. The maximum absolute atomic E-state index is 12.7. The molecule has 0 aromatic heterocycles. The first-order valence-corrected chi connectivity index (χ1v) is 12.2. The van der Waals surface area contributed by atoms with E-state index in [1.807, 2.05) is 0 Å². The number of nitrogens with one attached hydrogen (secondary N) is 1. The lowest BCUT2D eigenvalue weighted by molar-refractivity contribution is -0.125. The van der Waals surface area contributed by atoms with Crippen molar-refractivity contribution in [3.05, 3.63) is 52.4 Å². The van der Waals surface area contributed by atoms with Gasteiger partial charge < -0.3 is 5.32 Å². The van der Waals surface area contributed by atoms with Gasteiger partial charge in [-0.1, -0.05) is 94.1 Å². The Labute approximate surface area is 182 Å². The summed E-state index contributed by atoms with van der Waals surface area (Å²) in [5, 5.41) is 5.55. The Morgan fingerprint density at radius 1 is 1.14 bits per heavy atom. The van der Waals surface area contributed by atoms with Crippen LogP contribution in [0, 0.1) is 5.92 Å². The third-order valence-corrected chi connectivity index (χ3v) is 6.93. The summed E-state index contributed by atoms with van der Waals surface area (Å²) in [5.74, 6) is 0.316. The summed E-state index contributed by atoms with van der Waals surface area (Å²) in [5.41, 5.74) is 3.70. The van der Waals surface area contributed by atoms with Gasteiger partial charge >= 0.3 is 0 Å². The van der Waals surface area contributed by atoms with Crippen molar-refractivity contribution in [2.45, 2.75) is 91.5 Å². The highest BCUT2D eigenvalue weighted by Crippen LogP contribution is 2.46. The molecule has 3 heteroatoms. The van der Waals surface area contributed by atoms with Crippen LogP contribution in [0.4, 0.5) is 0 Å². The summed E-state index contributed by atoms with van der Waals surface area (Å²) in [6, 6.07) is 8.85. The highest BCUT2D eigenvalue weighted by molar-refractivity contribution is 8.10. The summed E-state index contributed by atoms with van der Waals surface area (Å²) in [6.07, 6.45) is 11.2. The number of amides is 1. The van der Waals surface area contributed by atoms with Crippen LogP contribution >= 0.6 is 11.8 Å². The lowest BCUT2D eigenvalue weighted by Gasteiger charge is -2.21. The zero-order valence-electron chi connectivity index (χ0n) is 19.0. The van der Waals surface area contributed by atoms with Crippen LogP contribution in [0.15, 0.2) is 41.3 Å². The number of hydrogen-bond donors (Lipinski definition) is 1. The molecule has 0 aliphatic heterocycles. The highest BCUT2D eigenvalue weighted by atomic mass is 32.2. The topological polar surface area (TPSA) is 29.1 Å². The second-order valence-electron chi connectivity index (χ2n) is 8.63. The van der Waals surface area contributed by atoms with Crippen molar-refractivity contribution in [1.29, 1.82) is 0 Å². The standard InChI is InChI=1S/C26H39NOS/c1-6-8-10-11-12-21(5)25(28)27-26(17-18-26)23-15-13-22(14-16-23)24(20(3)4)29-19-9-7-2/h9,13-16,19,21H,6-8,10-12,17-18H2,1-5H3,(H,27,28)/b19-9-. The van der Waals surface area contributed by atoms with Crippen molar-refractivity contribution < 1.29 is 4.79 Å². The number of carbonyl (C=O) groups is 1. The molecule has 1 aromatic rings. The second kappa shape index (κ2) is 11.6. The van der Waals surface area contributed by atoms with Gasteiger partial charge in [-0.3, -0.25) is 4.79 Å². The Hall–Kier alpha value is -1.48. The van der Waals surface area contributed by atoms with Crippen molar-refractivity contribution >= 4 is 22.6 Å². The van der Waals surface area contributed by atoms with Gasteiger partial charge in [0.25, 0.3) is 0 Å². The van der Waals surface area contributed by atoms with Crippen molar-refractivity contribution in [2.24, 2.45) is 5.92 Å². The maximum Gasteiger partial charge on any atom is 0.223 e. The van der Waals surface area contributed by atoms with Crippen LogP contribution in [0.2, 0.25) is 0 Å². The lowest BCUT2D eigenvalue weighted by atomic mass is 9.98. The zero-order chi connectivity index (χ0) is 21.3. The molecule has 1 aliphatic carbocycles. The molecule has 160 valence electrons. The van der Waals surface area contributed by atoms with E-state index in [9.17, 15) is 4.79 Å². The molecule has 1 fully saturated rings. The van der Waals surface area contributed by atoms with E-state index in [2.05, 4.69) is 75.7 Å². The van der Waals surface area contributed by atoms with E-state index >= 15 is 0 Å². The SMILES string of the molecule is CC/C=C\SC(=C(C)C)c1ccc(C2(NC(=O)C(C)CCCCCC)CC2)cc1. The molecule has 1 N–H and O–H groups in total. The zero-order valence-corrected chi connectivity index (χ0v) is 19.8. The highest BCUT2D eigenvalue weighted by Gasteiger charge is 2.46. The third-order valence-electron chi connectivity index (χ3n) is 5.72. The van der Waals surface area contributed by atoms with Crippen LogP contribution in [0.1, 0.15) is 97.1 Å². The van der Waals surface area contributed by atoms with Crippen molar-refractivity contribution in [1.82, 2.24) is 5.32 Å². The number of carbonyl (C=O) groups excluding carboxylic acids is 1. The van der Waals surface area contributed by atoms with Crippen LogP contribution in [0.5, 0.6) is 0 Å². The van der Waals surface area contributed by atoms with Crippen molar-refractivity contribution in [3.8, 4) is 0 Å². The molecule has 1 unspecified atom stereocenters. The monoisotopic (exact) mass is 413 g/mol. The van der Waals surface area contributed by atoms with Crippen LogP contribution in [0.3, 0.4) is 0 Å². The molecule has 1 saturated carbocycles. The molecule has 29 heavy (non-hydrogen) atoms. The van der Waals surface area contributed by atoms with Gasteiger partial charge in [0.2, 0.25) is 5.91 Å². The van der Waals surface area contributed by atoms with Gasteiger partial charge in [0, 0.05) is 10.8 Å². The third kappa shape index (κ3) is 7.06. The minimum atomic E-state index is -0.131. The minimum Gasteiger partial charge on any atom is -0.346 e. The average Bonchev–Trinajstić information content (AvgIpc) is 3.49. The molecule has 0 bridgehead atoms. The van der Waals surface area contributed by atoms with Gasteiger partial charge in [0.1, 0.15) is 0 Å². The predicted molar refractivity (Wildman–Crippen MR) is 129 cm³/mol. The number of allylic oxidation sites excluding steroid dienone is 2. The van der Waals surface area contributed by atoms with Crippen molar-refractivity contribution in [2.75, 3.05) is 0 Å². The summed E-state index contributed by atoms with van der Waals surface area (Å²) in [6.45, 7) is 10.8. The largest absolute Gasteiger partial charge is 0.346 e. The van der Waals surface area contributed by atoms with E-state index < -0.39 is 0 Å². The number of rotatable bonds is 12. The minimum absolute atomic E-state index is 0.0997. The molecule has 0 saturated heterocycles. The molecule has 1 aromatic carbocycles. The molecular formula is C26H39NOS. The van der Waals surface area contributed by atoms with Gasteiger partial charge in [-0.2, -0.15) is 0 Å². The fraction of sp³-hybridized carbons (Fsp3) is 0.577. The van der Waals surface area contributed by atoms with E-state index in [1.165, 1.54) is 40.9 Å². The van der Waals surface area contributed by atoms with Gasteiger partial charge in [0.15, 0.2) is 0 Å². The predicted octanol–water partition coefficient (Wildman–Crippen LogP) is 7.81. The molecule has 2 rings (SSSR count). The molecule has 1 amide bonds. The fourth-order valence-corrected chi connectivity index (χ4v) is 4.54. The quantitative estimate of drug-likeness (QED) is 0.354. The molecule has 0 spiro atoms. The molecule has 1 aliphatic rings. The van der Waals surface area contributed by atoms with Gasteiger partial charge in [0.05, 0.1) is 5.54 Å². The number of hydrogen-bond acceptors (Lipinski definition) is 2. The Morgan fingerprint density at radius 3 is 2.38 bits per heavy atom. The normalized spacial score (nSPS) is 15.9. The van der Waals surface area contributed by atoms with Gasteiger partial charge in [-0.05, 0) is 56.1 Å². The van der Waals surface area contributed by atoms with E-state index in [0.29, 0.717) is 0 Å². The van der Waals surface area contributed by atoms with Crippen LogP contribution in [-0.2, 0) is 10.3 Å². The molecule has 0 heterocycles. The Balaban J connectivity index is 2.00. The first-order valence-electron chi connectivity index (χ1n) is 11.4. The Bertz CT molecular complexity index is 709. The second-order valence-corrected chi connectivity index (χ2v) is 9.54. The number of thioether (sulfide) groups is 1. The van der Waals surface area contributed by atoms with Crippen LogP contribution in [-0.4, -0.2) is 5.91 Å². The average molecular weight is 414 g/mol. The summed E-state index contributed by atoms with van der Waals surface area (Å²) < 4.78 is 0. The number of unbranched alkanes of at least 4 members (excludes halogenated alkanes) is 3. The maximum atomic E-state index is 12.7. The first kappa shape index (κ1) is 23.8. The molecule has 0 radical (unpaired) electrons. The molecule has 1 atom stereocenters.